The average molecular weight is 271 g/mol. The smallest absolute Gasteiger partial charge is 0.122 e. The summed E-state index contributed by atoms with van der Waals surface area (Å²) in [4.78, 5) is 0. The first kappa shape index (κ1) is 13.9. The maximum atomic E-state index is 5.37. The number of ether oxygens (including phenoxy) is 2. The van der Waals surface area contributed by atoms with Crippen LogP contribution in [0.3, 0.4) is 0 Å². The molecule has 1 fully saturated rings. The summed E-state index contributed by atoms with van der Waals surface area (Å²) in [5.74, 6) is 0.482. The Morgan fingerprint density at radius 1 is 1.44 bits per heavy atom. The molecule has 1 N–H and O–H groups in total. The van der Waals surface area contributed by atoms with Gasteiger partial charge in [0.1, 0.15) is 10.0 Å². The molecule has 0 bridgehead atoms. The summed E-state index contributed by atoms with van der Waals surface area (Å²) >= 11 is 1.74. The second kappa shape index (κ2) is 7.78. The number of aryl methyl sites for hydroxylation is 1. The standard InChI is InChI=1S/C12H21N3O2S/c1-16-8-6-13-5-2-3-11-14-15-12(18-11)10-4-7-17-9-10/h10,13H,2-9H2,1H3. The van der Waals surface area contributed by atoms with E-state index in [9.17, 15) is 0 Å². The molecular formula is C12H21N3O2S. The summed E-state index contributed by atoms with van der Waals surface area (Å²) in [6, 6.07) is 0. The van der Waals surface area contributed by atoms with Crippen LogP contribution in [0.2, 0.25) is 0 Å². The minimum Gasteiger partial charge on any atom is -0.383 e. The predicted octanol–water partition coefficient (Wildman–Crippen LogP) is 1.21. The van der Waals surface area contributed by atoms with Gasteiger partial charge >= 0.3 is 0 Å². The number of hydrogen-bond acceptors (Lipinski definition) is 6. The number of nitrogens with zero attached hydrogens (tertiary/aromatic N) is 2. The molecule has 1 atom stereocenters. The Morgan fingerprint density at radius 2 is 2.39 bits per heavy atom. The van der Waals surface area contributed by atoms with Gasteiger partial charge in [-0.15, -0.1) is 21.5 Å². The minimum absolute atomic E-state index is 0.482. The molecule has 0 radical (unpaired) electrons. The van der Waals surface area contributed by atoms with Gasteiger partial charge in [-0.05, 0) is 19.4 Å². The van der Waals surface area contributed by atoms with Crippen molar-refractivity contribution in [2.45, 2.75) is 25.2 Å². The molecule has 0 saturated carbocycles. The third-order valence-electron chi connectivity index (χ3n) is 2.99. The zero-order chi connectivity index (χ0) is 12.6. The number of hydrogen-bond donors (Lipinski definition) is 1. The molecule has 1 saturated heterocycles. The highest BCUT2D eigenvalue weighted by molar-refractivity contribution is 7.11. The van der Waals surface area contributed by atoms with Gasteiger partial charge < -0.3 is 14.8 Å². The molecule has 1 aromatic rings. The molecule has 5 nitrogen and oxygen atoms in total. The van der Waals surface area contributed by atoms with Crippen LogP contribution in [-0.4, -0.2) is 50.2 Å². The molecule has 2 heterocycles. The molecule has 6 heteroatoms. The Hall–Kier alpha value is -0.560. The topological polar surface area (TPSA) is 56.3 Å². The van der Waals surface area contributed by atoms with E-state index in [1.54, 1.807) is 18.4 Å². The largest absolute Gasteiger partial charge is 0.383 e. The van der Waals surface area contributed by atoms with E-state index in [1.807, 2.05) is 0 Å². The second-order valence-corrected chi connectivity index (χ2v) is 5.53. The molecule has 0 spiro atoms. The summed E-state index contributed by atoms with van der Waals surface area (Å²) in [6.07, 6.45) is 3.19. The van der Waals surface area contributed by atoms with E-state index < -0.39 is 0 Å². The molecule has 1 aromatic heterocycles. The van der Waals surface area contributed by atoms with E-state index in [2.05, 4.69) is 15.5 Å². The highest BCUT2D eigenvalue weighted by Gasteiger charge is 2.21. The molecule has 2 rings (SSSR count). The normalized spacial score (nSPS) is 19.5. The van der Waals surface area contributed by atoms with Gasteiger partial charge in [-0.2, -0.15) is 0 Å². The fourth-order valence-corrected chi connectivity index (χ4v) is 2.93. The van der Waals surface area contributed by atoms with Gasteiger partial charge in [0.05, 0.1) is 13.2 Å². The Balaban J connectivity index is 1.64. The van der Waals surface area contributed by atoms with Gasteiger partial charge in [0.2, 0.25) is 0 Å². The first-order valence-electron chi connectivity index (χ1n) is 6.50. The molecule has 102 valence electrons. The first-order chi connectivity index (χ1) is 8.90. The van der Waals surface area contributed by atoms with Gasteiger partial charge in [0, 0.05) is 32.6 Å². The van der Waals surface area contributed by atoms with Crippen LogP contribution in [0.25, 0.3) is 0 Å². The van der Waals surface area contributed by atoms with Crippen LogP contribution < -0.4 is 5.32 Å². The molecule has 18 heavy (non-hydrogen) atoms. The van der Waals surface area contributed by atoms with Crippen molar-refractivity contribution in [2.24, 2.45) is 0 Å². The van der Waals surface area contributed by atoms with Crippen LogP contribution in [0.4, 0.5) is 0 Å². The zero-order valence-corrected chi connectivity index (χ0v) is 11.7. The van der Waals surface area contributed by atoms with Gasteiger partial charge in [0.15, 0.2) is 0 Å². The second-order valence-electron chi connectivity index (χ2n) is 4.44. The SMILES string of the molecule is COCCNCCCc1nnc(C2CCOC2)s1. The highest BCUT2D eigenvalue weighted by atomic mass is 32.1. The Morgan fingerprint density at radius 3 is 3.17 bits per heavy atom. The number of nitrogens with one attached hydrogen (secondary N) is 1. The highest BCUT2D eigenvalue weighted by Crippen LogP contribution is 2.27. The fraction of sp³-hybridized carbons (Fsp3) is 0.833. The van der Waals surface area contributed by atoms with Crippen LogP contribution in [0, 0.1) is 0 Å². The maximum absolute atomic E-state index is 5.37. The lowest BCUT2D eigenvalue weighted by atomic mass is 10.1. The van der Waals surface area contributed by atoms with Gasteiger partial charge in [-0.3, -0.25) is 0 Å². The predicted molar refractivity (Wildman–Crippen MR) is 71.2 cm³/mol. The van der Waals surface area contributed by atoms with E-state index in [1.165, 1.54) is 0 Å². The molecule has 0 aromatic carbocycles. The van der Waals surface area contributed by atoms with Crippen molar-refractivity contribution in [3.8, 4) is 0 Å². The summed E-state index contributed by atoms with van der Waals surface area (Å²) < 4.78 is 10.3. The van der Waals surface area contributed by atoms with Gasteiger partial charge in [-0.1, -0.05) is 0 Å². The Bertz CT molecular complexity index is 340. The van der Waals surface area contributed by atoms with E-state index in [-0.39, 0.29) is 0 Å². The van der Waals surface area contributed by atoms with E-state index in [0.29, 0.717) is 5.92 Å². The summed E-state index contributed by atoms with van der Waals surface area (Å²) in [6.45, 7) is 4.36. The number of aromatic nitrogens is 2. The van der Waals surface area contributed by atoms with Crippen molar-refractivity contribution in [3.63, 3.8) is 0 Å². The molecule has 1 unspecified atom stereocenters. The van der Waals surface area contributed by atoms with Crippen molar-refractivity contribution in [1.29, 1.82) is 0 Å². The summed E-state index contributed by atoms with van der Waals surface area (Å²) in [5.41, 5.74) is 0. The maximum Gasteiger partial charge on any atom is 0.122 e. The van der Waals surface area contributed by atoms with Crippen LogP contribution in [-0.2, 0) is 15.9 Å². The van der Waals surface area contributed by atoms with Crippen molar-refractivity contribution in [3.05, 3.63) is 10.0 Å². The minimum atomic E-state index is 0.482. The lowest BCUT2D eigenvalue weighted by Gasteiger charge is -2.02. The monoisotopic (exact) mass is 271 g/mol. The quantitative estimate of drug-likeness (QED) is 0.720. The third kappa shape index (κ3) is 4.28. The average Bonchev–Trinajstić information content (AvgIpc) is 3.03. The molecule has 0 aliphatic carbocycles. The van der Waals surface area contributed by atoms with E-state index in [4.69, 9.17) is 9.47 Å². The van der Waals surface area contributed by atoms with Crippen LogP contribution in [0.5, 0.6) is 0 Å². The lowest BCUT2D eigenvalue weighted by molar-refractivity contribution is 0.194. The summed E-state index contributed by atoms with van der Waals surface area (Å²) in [5, 5.41) is 14.2. The van der Waals surface area contributed by atoms with Crippen molar-refractivity contribution >= 4 is 11.3 Å². The number of rotatable bonds is 8. The van der Waals surface area contributed by atoms with Crippen LogP contribution in [0.15, 0.2) is 0 Å². The molecule has 1 aliphatic heterocycles. The fourth-order valence-electron chi connectivity index (χ4n) is 1.93. The van der Waals surface area contributed by atoms with Crippen molar-refractivity contribution in [2.75, 3.05) is 40.0 Å². The van der Waals surface area contributed by atoms with Crippen molar-refractivity contribution in [1.82, 2.24) is 15.5 Å². The van der Waals surface area contributed by atoms with E-state index >= 15 is 0 Å². The Kier molecular flexibility index (Phi) is 5.99. The number of methoxy groups -OCH3 is 1. The van der Waals surface area contributed by atoms with Crippen LogP contribution in [0.1, 0.15) is 28.8 Å². The molecular weight excluding hydrogens is 250 g/mol. The molecule has 0 amide bonds. The summed E-state index contributed by atoms with van der Waals surface area (Å²) in [7, 11) is 1.72. The zero-order valence-electron chi connectivity index (χ0n) is 10.9. The Labute approximate surface area is 112 Å². The van der Waals surface area contributed by atoms with Gasteiger partial charge in [0.25, 0.3) is 0 Å². The third-order valence-corrected chi connectivity index (χ3v) is 4.13. The first-order valence-corrected chi connectivity index (χ1v) is 7.31. The van der Waals surface area contributed by atoms with E-state index in [0.717, 1.165) is 62.2 Å². The van der Waals surface area contributed by atoms with Crippen LogP contribution >= 0.6 is 11.3 Å². The van der Waals surface area contributed by atoms with Gasteiger partial charge in [-0.25, -0.2) is 0 Å². The van der Waals surface area contributed by atoms with Crippen molar-refractivity contribution < 1.29 is 9.47 Å². The molecule has 1 aliphatic rings. The lowest BCUT2D eigenvalue weighted by Crippen LogP contribution is -2.20.